The molecule has 4 rings (SSSR count). The molecule has 166 valence electrons. The summed E-state index contributed by atoms with van der Waals surface area (Å²) in [4.78, 5) is 15.3. The molecule has 2 N–H and O–H groups in total. The van der Waals surface area contributed by atoms with Crippen LogP contribution in [0.5, 0.6) is 0 Å². The van der Waals surface area contributed by atoms with Crippen LogP contribution in [0, 0.1) is 24.2 Å². The minimum absolute atomic E-state index is 0.133. The number of aryl methyl sites for hydroxylation is 1. The molecule has 2 aliphatic rings. The second-order valence-electron chi connectivity index (χ2n) is 10.1. The average molecular weight is 422 g/mol. The number of hydrogen-bond acceptors (Lipinski definition) is 4. The van der Waals surface area contributed by atoms with Crippen LogP contribution in [0.2, 0.25) is 0 Å². The summed E-state index contributed by atoms with van der Waals surface area (Å²) in [5, 5.41) is 23.4. The molecule has 5 atom stereocenters. The van der Waals surface area contributed by atoms with E-state index in [1.54, 1.807) is 0 Å². The summed E-state index contributed by atoms with van der Waals surface area (Å²) >= 11 is 0. The summed E-state index contributed by atoms with van der Waals surface area (Å²) in [6, 6.07) is 18.1. The van der Waals surface area contributed by atoms with Crippen molar-refractivity contribution in [3.8, 4) is 0 Å². The van der Waals surface area contributed by atoms with Crippen molar-refractivity contribution in [3.05, 3.63) is 71.3 Å². The van der Waals surface area contributed by atoms with E-state index in [9.17, 15) is 15.0 Å². The quantitative estimate of drug-likeness (QED) is 0.742. The number of rotatable bonds is 6. The lowest BCUT2D eigenvalue weighted by Gasteiger charge is -2.60. The van der Waals surface area contributed by atoms with Gasteiger partial charge in [-0.2, -0.15) is 0 Å². The molecule has 31 heavy (non-hydrogen) atoms. The molecule has 1 aliphatic carbocycles. The zero-order valence-corrected chi connectivity index (χ0v) is 18.9. The van der Waals surface area contributed by atoms with E-state index in [0.29, 0.717) is 25.3 Å². The number of likely N-dealkylation sites (tertiary alicyclic amines) is 1. The molecule has 4 heteroatoms. The number of Topliss-reactive ketones (excluding diaryl/α,β-unsaturated/α-hetero) is 1. The molecule has 4 nitrogen and oxygen atoms in total. The van der Waals surface area contributed by atoms with E-state index in [-0.39, 0.29) is 24.2 Å². The summed E-state index contributed by atoms with van der Waals surface area (Å²) in [7, 11) is 0. The van der Waals surface area contributed by atoms with Crippen LogP contribution in [0.15, 0.2) is 54.6 Å². The van der Waals surface area contributed by atoms with E-state index in [1.807, 2.05) is 36.4 Å². The first-order valence-corrected chi connectivity index (χ1v) is 11.5. The number of aliphatic hydroxyl groups is 2. The number of fused-ring (bicyclic) bond motifs is 2. The van der Waals surface area contributed by atoms with E-state index < -0.39 is 17.6 Å². The summed E-state index contributed by atoms with van der Waals surface area (Å²) in [5.41, 5.74) is 2.33. The lowest BCUT2D eigenvalue weighted by molar-refractivity contribution is -0.199. The van der Waals surface area contributed by atoms with E-state index in [1.165, 1.54) is 0 Å². The number of piperidine rings is 1. The molecule has 1 aliphatic heterocycles. The van der Waals surface area contributed by atoms with Crippen LogP contribution < -0.4 is 0 Å². The number of carbonyl (C=O) groups is 1. The Hall–Kier alpha value is -2.01. The Morgan fingerprint density at radius 1 is 1.13 bits per heavy atom. The van der Waals surface area contributed by atoms with Crippen LogP contribution in [-0.2, 0) is 11.2 Å². The molecule has 1 heterocycles. The number of carbonyl (C=O) groups excluding carboxylic acids is 1. The van der Waals surface area contributed by atoms with Crippen LogP contribution >= 0.6 is 0 Å². The molecule has 2 aromatic rings. The fourth-order valence-electron chi connectivity index (χ4n) is 6.07. The lowest BCUT2D eigenvalue weighted by Crippen LogP contribution is -2.66. The van der Waals surface area contributed by atoms with Gasteiger partial charge in [0, 0.05) is 43.3 Å². The molecule has 1 saturated heterocycles. The van der Waals surface area contributed by atoms with Gasteiger partial charge in [-0.05, 0) is 30.4 Å². The fourth-order valence-corrected chi connectivity index (χ4v) is 6.07. The molecular weight excluding hydrogens is 386 g/mol. The monoisotopic (exact) mass is 421 g/mol. The first kappa shape index (κ1) is 22.2. The van der Waals surface area contributed by atoms with Gasteiger partial charge in [-0.3, -0.25) is 9.69 Å². The summed E-state index contributed by atoms with van der Waals surface area (Å²) < 4.78 is 0. The van der Waals surface area contributed by atoms with Gasteiger partial charge in [-0.15, -0.1) is 0 Å². The third kappa shape index (κ3) is 4.21. The SMILES string of the molecule is Cc1cccc(C2N(CC(C)C)CC3CC(=O)CC2(C(O)Cc2ccccc2)C3O)c1. The van der Waals surface area contributed by atoms with Crippen LogP contribution in [-0.4, -0.2) is 46.2 Å². The first-order valence-electron chi connectivity index (χ1n) is 11.5. The maximum Gasteiger partial charge on any atom is 0.134 e. The fraction of sp³-hybridized carbons (Fsp3) is 0.519. The molecule has 5 unspecified atom stereocenters. The predicted molar refractivity (Wildman–Crippen MR) is 123 cm³/mol. The van der Waals surface area contributed by atoms with E-state index in [4.69, 9.17) is 0 Å². The summed E-state index contributed by atoms with van der Waals surface area (Å²) in [5.74, 6) is 0.470. The van der Waals surface area contributed by atoms with Crippen molar-refractivity contribution in [3.63, 3.8) is 0 Å². The Bertz CT molecular complexity index is 912. The van der Waals surface area contributed by atoms with Crippen LogP contribution in [0.25, 0.3) is 0 Å². The highest BCUT2D eigenvalue weighted by molar-refractivity contribution is 5.81. The minimum Gasteiger partial charge on any atom is -0.392 e. The highest BCUT2D eigenvalue weighted by Gasteiger charge is 2.61. The Morgan fingerprint density at radius 3 is 2.55 bits per heavy atom. The zero-order chi connectivity index (χ0) is 22.2. The van der Waals surface area contributed by atoms with Gasteiger partial charge >= 0.3 is 0 Å². The predicted octanol–water partition coefficient (Wildman–Crippen LogP) is 3.94. The smallest absolute Gasteiger partial charge is 0.134 e. The van der Waals surface area contributed by atoms with Gasteiger partial charge in [-0.1, -0.05) is 74.0 Å². The van der Waals surface area contributed by atoms with Gasteiger partial charge in [0.2, 0.25) is 0 Å². The second-order valence-corrected chi connectivity index (χ2v) is 10.1. The maximum atomic E-state index is 12.9. The Morgan fingerprint density at radius 2 is 1.87 bits per heavy atom. The van der Waals surface area contributed by atoms with Crippen molar-refractivity contribution in [1.29, 1.82) is 0 Å². The highest BCUT2D eigenvalue weighted by atomic mass is 16.3. The van der Waals surface area contributed by atoms with Crippen molar-refractivity contribution >= 4 is 5.78 Å². The molecule has 2 fully saturated rings. The van der Waals surface area contributed by atoms with Gasteiger partial charge in [0.05, 0.1) is 12.2 Å². The van der Waals surface area contributed by atoms with Gasteiger partial charge in [-0.25, -0.2) is 0 Å². The molecular formula is C27H35NO3. The normalized spacial score (nSPS) is 29.9. The van der Waals surface area contributed by atoms with Crippen molar-refractivity contribution in [2.24, 2.45) is 17.3 Å². The van der Waals surface area contributed by atoms with Crippen molar-refractivity contribution in [2.75, 3.05) is 13.1 Å². The van der Waals surface area contributed by atoms with Crippen LogP contribution in [0.1, 0.15) is 49.4 Å². The van der Waals surface area contributed by atoms with Crippen molar-refractivity contribution in [1.82, 2.24) is 4.90 Å². The molecule has 0 spiro atoms. The molecule has 0 amide bonds. The molecule has 0 aromatic heterocycles. The molecule has 1 saturated carbocycles. The van der Waals surface area contributed by atoms with Gasteiger partial charge in [0.25, 0.3) is 0 Å². The number of hydrogen-bond donors (Lipinski definition) is 2. The van der Waals surface area contributed by atoms with Crippen molar-refractivity contribution in [2.45, 2.75) is 58.3 Å². The van der Waals surface area contributed by atoms with Gasteiger partial charge in [0.1, 0.15) is 5.78 Å². The zero-order valence-electron chi connectivity index (χ0n) is 18.9. The van der Waals surface area contributed by atoms with E-state index in [0.717, 1.165) is 23.2 Å². The Balaban J connectivity index is 1.84. The van der Waals surface area contributed by atoms with Crippen molar-refractivity contribution < 1.29 is 15.0 Å². The standard InChI is InChI=1S/C27H35NO3/c1-18(2)16-28-17-22-14-23(29)15-27(26(22)31,24(30)13-20-9-5-4-6-10-20)25(28)21-11-7-8-19(3)12-21/h4-12,18,22,24-26,30-31H,13-17H2,1-3H3. The third-order valence-electron chi connectivity index (χ3n) is 7.18. The summed E-state index contributed by atoms with van der Waals surface area (Å²) in [6.45, 7) is 8.02. The third-order valence-corrected chi connectivity index (χ3v) is 7.18. The van der Waals surface area contributed by atoms with E-state index >= 15 is 0 Å². The number of ketones is 1. The topological polar surface area (TPSA) is 60.8 Å². The highest BCUT2D eigenvalue weighted by Crippen LogP contribution is 2.56. The first-order chi connectivity index (χ1) is 14.8. The van der Waals surface area contributed by atoms with Gasteiger partial charge < -0.3 is 10.2 Å². The Kier molecular flexibility index (Phi) is 6.34. The van der Waals surface area contributed by atoms with Crippen LogP contribution in [0.3, 0.4) is 0 Å². The Labute approximate surface area is 185 Å². The van der Waals surface area contributed by atoms with Crippen LogP contribution in [0.4, 0.5) is 0 Å². The minimum atomic E-state index is -0.920. The number of nitrogens with zero attached hydrogens (tertiary/aromatic N) is 1. The second kappa shape index (κ2) is 8.85. The molecule has 0 radical (unpaired) electrons. The van der Waals surface area contributed by atoms with Gasteiger partial charge in [0.15, 0.2) is 0 Å². The number of aliphatic hydroxyl groups excluding tert-OH is 2. The molecule has 2 aromatic carbocycles. The largest absolute Gasteiger partial charge is 0.392 e. The number of benzene rings is 2. The lowest BCUT2D eigenvalue weighted by atomic mass is 9.55. The summed E-state index contributed by atoms with van der Waals surface area (Å²) in [6.07, 6.45) is -0.493. The maximum absolute atomic E-state index is 12.9. The molecule has 2 bridgehead atoms. The van der Waals surface area contributed by atoms with E-state index in [2.05, 4.69) is 43.9 Å². The average Bonchev–Trinajstić information content (AvgIpc) is 2.70.